The molecule has 2 amide bonds. The number of hydrogen-bond acceptors (Lipinski definition) is 2. The lowest BCUT2D eigenvalue weighted by atomic mass is 9.86. The zero-order valence-corrected chi connectivity index (χ0v) is 15.0. The van der Waals surface area contributed by atoms with E-state index in [2.05, 4.69) is 5.32 Å². The van der Waals surface area contributed by atoms with Crippen molar-refractivity contribution in [1.29, 1.82) is 0 Å². The molecule has 4 nitrogen and oxygen atoms in total. The van der Waals surface area contributed by atoms with Gasteiger partial charge in [-0.3, -0.25) is 9.59 Å². The van der Waals surface area contributed by atoms with Gasteiger partial charge in [0.15, 0.2) is 0 Å². The van der Waals surface area contributed by atoms with Crippen LogP contribution < -0.4 is 5.32 Å². The Bertz CT molecular complexity index is 641. The van der Waals surface area contributed by atoms with Gasteiger partial charge in [0, 0.05) is 19.2 Å². The minimum atomic E-state index is -0.132. The maximum absolute atomic E-state index is 12.4. The summed E-state index contributed by atoms with van der Waals surface area (Å²) in [5, 5.41) is 2.92. The number of aryl methyl sites for hydroxylation is 2. The number of rotatable bonds is 5. The first-order valence-corrected chi connectivity index (χ1v) is 9.03. The molecule has 2 fully saturated rings. The number of carbonyl (C=O) groups is 2. The second-order valence-corrected chi connectivity index (χ2v) is 7.76. The van der Waals surface area contributed by atoms with Crippen LogP contribution in [0.3, 0.4) is 0 Å². The van der Waals surface area contributed by atoms with Crippen molar-refractivity contribution in [1.82, 2.24) is 4.90 Å². The van der Waals surface area contributed by atoms with E-state index >= 15 is 0 Å². The monoisotopic (exact) mass is 328 g/mol. The summed E-state index contributed by atoms with van der Waals surface area (Å²) in [6, 6.07) is 5.98. The van der Waals surface area contributed by atoms with Crippen molar-refractivity contribution >= 4 is 17.5 Å². The number of hydrogen-bond donors (Lipinski definition) is 1. The summed E-state index contributed by atoms with van der Waals surface area (Å²) in [4.78, 5) is 26.3. The van der Waals surface area contributed by atoms with Gasteiger partial charge in [0.1, 0.15) is 0 Å². The number of fused-ring (bicyclic) bond motifs is 2. The molecule has 0 spiro atoms. The molecule has 0 radical (unpaired) electrons. The lowest BCUT2D eigenvalue weighted by molar-refractivity contribution is -0.134. The molecule has 1 aromatic carbocycles. The van der Waals surface area contributed by atoms with Crippen molar-refractivity contribution in [3.63, 3.8) is 0 Å². The summed E-state index contributed by atoms with van der Waals surface area (Å²) in [6.45, 7) is 4.09. The van der Waals surface area contributed by atoms with Crippen molar-refractivity contribution in [2.24, 2.45) is 17.8 Å². The van der Waals surface area contributed by atoms with Gasteiger partial charge in [0.2, 0.25) is 11.8 Å². The van der Waals surface area contributed by atoms with E-state index in [1.165, 1.54) is 25.7 Å². The fourth-order valence-corrected chi connectivity index (χ4v) is 4.37. The zero-order valence-electron chi connectivity index (χ0n) is 15.0. The van der Waals surface area contributed by atoms with Crippen molar-refractivity contribution in [3.8, 4) is 0 Å². The van der Waals surface area contributed by atoms with Crippen molar-refractivity contribution in [2.75, 3.05) is 18.9 Å². The normalized spacial score (nSPS) is 24.9. The van der Waals surface area contributed by atoms with Gasteiger partial charge in [-0.05, 0) is 68.1 Å². The Morgan fingerprint density at radius 1 is 1.21 bits per heavy atom. The molecule has 2 bridgehead atoms. The quantitative estimate of drug-likeness (QED) is 0.899. The second-order valence-electron chi connectivity index (χ2n) is 7.76. The van der Waals surface area contributed by atoms with Crippen LogP contribution in [0.1, 0.15) is 43.2 Å². The van der Waals surface area contributed by atoms with Gasteiger partial charge in [-0.1, -0.05) is 18.6 Å². The van der Waals surface area contributed by atoms with Crippen LogP contribution in [0.15, 0.2) is 18.2 Å². The number of nitrogens with one attached hydrogen (secondary N) is 1. The second kappa shape index (κ2) is 6.96. The molecule has 0 unspecified atom stereocenters. The fourth-order valence-electron chi connectivity index (χ4n) is 4.37. The highest BCUT2D eigenvalue weighted by Gasteiger charge is 2.40. The van der Waals surface area contributed by atoms with Gasteiger partial charge in [-0.2, -0.15) is 0 Å². The molecular formula is C20H28N2O2. The molecule has 0 heterocycles. The molecule has 130 valence electrons. The number of benzene rings is 1. The molecule has 0 aliphatic heterocycles. The summed E-state index contributed by atoms with van der Waals surface area (Å²) in [7, 11) is 1.73. The number of amides is 2. The first kappa shape index (κ1) is 17.0. The molecule has 1 aromatic rings. The van der Waals surface area contributed by atoms with Gasteiger partial charge < -0.3 is 10.2 Å². The molecule has 1 N–H and O–H groups in total. The zero-order chi connectivity index (χ0) is 17.3. The average molecular weight is 328 g/mol. The fraction of sp³-hybridized carbons (Fsp3) is 0.600. The molecule has 0 aromatic heterocycles. The van der Waals surface area contributed by atoms with Crippen LogP contribution in [0.2, 0.25) is 0 Å². The van der Waals surface area contributed by atoms with E-state index in [9.17, 15) is 9.59 Å². The minimum absolute atomic E-state index is 0.101. The highest BCUT2D eigenvalue weighted by atomic mass is 16.2. The molecule has 24 heavy (non-hydrogen) atoms. The molecular weight excluding hydrogens is 300 g/mol. The Balaban J connectivity index is 1.50. The van der Waals surface area contributed by atoms with E-state index in [4.69, 9.17) is 0 Å². The highest BCUT2D eigenvalue weighted by Crippen LogP contribution is 2.49. The SMILES string of the molecule is Cc1ccc(C)c(NC(=O)CN(C)C(=O)C[C@H]2C[C@H]3CC[C@@H]2C3)c1. The van der Waals surface area contributed by atoms with Gasteiger partial charge in [0.05, 0.1) is 6.54 Å². The van der Waals surface area contributed by atoms with E-state index in [1.54, 1.807) is 11.9 Å². The predicted octanol–water partition coefficient (Wildman–Crippen LogP) is 3.53. The van der Waals surface area contributed by atoms with Crippen LogP contribution in [0, 0.1) is 31.6 Å². The maximum Gasteiger partial charge on any atom is 0.243 e. The summed E-state index contributed by atoms with van der Waals surface area (Å²) in [5.41, 5.74) is 2.97. The third-order valence-corrected chi connectivity index (χ3v) is 5.80. The van der Waals surface area contributed by atoms with Gasteiger partial charge in [-0.15, -0.1) is 0 Å². The Hall–Kier alpha value is -1.84. The van der Waals surface area contributed by atoms with Crippen LogP contribution in [0.5, 0.6) is 0 Å². The lowest BCUT2D eigenvalue weighted by Gasteiger charge is -2.24. The first-order valence-electron chi connectivity index (χ1n) is 9.03. The van der Waals surface area contributed by atoms with Gasteiger partial charge in [0.25, 0.3) is 0 Å². The topological polar surface area (TPSA) is 49.4 Å². The van der Waals surface area contributed by atoms with E-state index in [0.29, 0.717) is 12.3 Å². The smallest absolute Gasteiger partial charge is 0.243 e. The van der Waals surface area contributed by atoms with Crippen LogP contribution in [0.25, 0.3) is 0 Å². The minimum Gasteiger partial charge on any atom is -0.336 e. The summed E-state index contributed by atoms with van der Waals surface area (Å²) in [6.07, 6.45) is 5.77. The summed E-state index contributed by atoms with van der Waals surface area (Å²) in [5.74, 6) is 2.11. The first-order chi connectivity index (χ1) is 11.4. The Morgan fingerprint density at radius 3 is 2.67 bits per heavy atom. The van der Waals surface area contributed by atoms with Crippen molar-refractivity contribution in [3.05, 3.63) is 29.3 Å². The maximum atomic E-state index is 12.4. The van der Waals surface area contributed by atoms with Crippen LogP contribution in [-0.4, -0.2) is 30.3 Å². The van der Waals surface area contributed by atoms with E-state index in [-0.39, 0.29) is 18.4 Å². The lowest BCUT2D eigenvalue weighted by Crippen LogP contribution is -2.36. The number of anilines is 1. The van der Waals surface area contributed by atoms with Gasteiger partial charge >= 0.3 is 0 Å². The van der Waals surface area contributed by atoms with E-state index in [0.717, 1.165) is 28.7 Å². The molecule has 3 rings (SSSR count). The number of likely N-dealkylation sites (N-methyl/N-ethyl adjacent to an activating group) is 1. The number of carbonyl (C=O) groups excluding carboxylic acids is 2. The van der Waals surface area contributed by atoms with Crippen LogP contribution in [-0.2, 0) is 9.59 Å². The molecule has 2 aliphatic rings. The standard InChI is InChI=1S/C20H28N2O2/c1-13-4-5-14(2)18(8-13)21-19(23)12-22(3)20(24)11-17-10-15-6-7-16(17)9-15/h4-5,8,15-17H,6-7,9-12H2,1-3H3,(H,21,23)/t15-,16+,17+/m0/s1. The molecule has 2 saturated carbocycles. The average Bonchev–Trinajstić information content (AvgIpc) is 3.13. The molecule has 3 atom stereocenters. The third kappa shape index (κ3) is 3.80. The van der Waals surface area contributed by atoms with Crippen molar-refractivity contribution in [2.45, 2.75) is 46.0 Å². The van der Waals surface area contributed by atoms with Crippen LogP contribution in [0.4, 0.5) is 5.69 Å². The van der Waals surface area contributed by atoms with E-state index in [1.807, 2.05) is 32.0 Å². The Morgan fingerprint density at radius 2 is 2.00 bits per heavy atom. The largest absolute Gasteiger partial charge is 0.336 e. The summed E-state index contributed by atoms with van der Waals surface area (Å²) >= 11 is 0. The summed E-state index contributed by atoms with van der Waals surface area (Å²) < 4.78 is 0. The van der Waals surface area contributed by atoms with Gasteiger partial charge in [-0.25, -0.2) is 0 Å². The third-order valence-electron chi connectivity index (χ3n) is 5.80. The molecule has 0 saturated heterocycles. The molecule has 4 heteroatoms. The van der Waals surface area contributed by atoms with E-state index < -0.39 is 0 Å². The van der Waals surface area contributed by atoms with Crippen LogP contribution >= 0.6 is 0 Å². The number of nitrogens with zero attached hydrogens (tertiary/aromatic N) is 1. The predicted molar refractivity (Wildman–Crippen MR) is 95.7 cm³/mol. The van der Waals surface area contributed by atoms with Crippen molar-refractivity contribution < 1.29 is 9.59 Å². The molecule has 2 aliphatic carbocycles. The Kier molecular flexibility index (Phi) is 4.93. The Labute approximate surface area is 144 Å². The highest BCUT2D eigenvalue weighted by molar-refractivity contribution is 5.95.